The van der Waals surface area contributed by atoms with Gasteiger partial charge in [0, 0.05) is 17.3 Å². The Balaban J connectivity index is 2.00. The summed E-state index contributed by atoms with van der Waals surface area (Å²) in [5.41, 5.74) is 7.42. The molecule has 1 aromatic rings. The van der Waals surface area contributed by atoms with E-state index in [2.05, 4.69) is 0 Å². The van der Waals surface area contributed by atoms with E-state index in [9.17, 15) is 8.42 Å². The molecule has 1 saturated carbocycles. The predicted octanol–water partition coefficient (Wildman–Crippen LogP) is 2.81. The van der Waals surface area contributed by atoms with Crippen molar-refractivity contribution in [1.29, 1.82) is 0 Å². The van der Waals surface area contributed by atoms with Gasteiger partial charge in [0.2, 0.25) is 0 Å². The largest absolute Gasteiger partial charge is 0.327 e. The molecule has 2 N–H and O–H groups in total. The molecule has 1 aliphatic rings. The van der Waals surface area contributed by atoms with Gasteiger partial charge in [0.1, 0.15) is 9.84 Å². The minimum atomic E-state index is -2.95. The molecular formula is C15H22ClNO2S. The van der Waals surface area contributed by atoms with Crippen molar-refractivity contribution in [3.8, 4) is 0 Å². The molecule has 0 spiro atoms. The van der Waals surface area contributed by atoms with E-state index in [4.69, 9.17) is 17.3 Å². The average molecular weight is 316 g/mol. The number of hydrogen-bond acceptors (Lipinski definition) is 3. The van der Waals surface area contributed by atoms with E-state index < -0.39 is 9.84 Å². The highest BCUT2D eigenvalue weighted by molar-refractivity contribution is 7.91. The van der Waals surface area contributed by atoms with Gasteiger partial charge in [0.25, 0.3) is 0 Å². The molecule has 5 heteroatoms. The standard InChI is InChI=1S/C15H22ClNO2S/c1-20(18,19)14-7-3-5-12(10-14)15(17)9-11-4-2-6-13(16)8-11/h2,4,6,8,12,14-15H,3,5,7,9-10,17H2,1H3. The maximum Gasteiger partial charge on any atom is 0.150 e. The normalized spacial score (nSPS) is 25.4. The summed E-state index contributed by atoms with van der Waals surface area (Å²) in [6.45, 7) is 0. The van der Waals surface area contributed by atoms with Gasteiger partial charge in [-0.3, -0.25) is 0 Å². The molecule has 0 heterocycles. The minimum Gasteiger partial charge on any atom is -0.327 e. The van der Waals surface area contributed by atoms with E-state index in [0.717, 1.165) is 31.2 Å². The lowest BCUT2D eigenvalue weighted by atomic mass is 9.82. The first-order chi connectivity index (χ1) is 9.36. The Morgan fingerprint density at radius 1 is 1.40 bits per heavy atom. The van der Waals surface area contributed by atoms with Crippen molar-refractivity contribution in [1.82, 2.24) is 0 Å². The molecule has 0 radical (unpaired) electrons. The van der Waals surface area contributed by atoms with Gasteiger partial charge in [0.05, 0.1) is 5.25 Å². The van der Waals surface area contributed by atoms with Crippen LogP contribution in [0.3, 0.4) is 0 Å². The van der Waals surface area contributed by atoms with E-state index in [0.29, 0.717) is 11.4 Å². The number of rotatable bonds is 4. The Bertz CT molecular complexity index is 559. The Morgan fingerprint density at radius 3 is 2.80 bits per heavy atom. The second-order valence-corrected chi connectivity index (χ2v) is 8.64. The highest BCUT2D eigenvalue weighted by atomic mass is 35.5. The first-order valence-electron chi connectivity index (χ1n) is 7.05. The Morgan fingerprint density at radius 2 is 2.15 bits per heavy atom. The van der Waals surface area contributed by atoms with Crippen molar-refractivity contribution < 1.29 is 8.42 Å². The van der Waals surface area contributed by atoms with Crippen molar-refractivity contribution in [2.75, 3.05) is 6.26 Å². The molecular weight excluding hydrogens is 294 g/mol. The van der Waals surface area contributed by atoms with Crippen LogP contribution in [0.4, 0.5) is 0 Å². The highest BCUT2D eigenvalue weighted by Gasteiger charge is 2.31. The summed E-state index contributed by atoms with van der Waals surface area (Å²) in [6.07, 6.45) is 5.53. The van der Waals surface area contributed by atoms with Crippen LogP contribution in [0.15, 0.2) is 24.3 Å². The van der Waals surface area contributed by atoms with Gasteiger partial charge < -0.3 is 5.73 Å². The Kier molecular flexibility index (Phi) is 5.10. The molecule has 20 heavy (non-hydrogen) atoms. The van der Waals surface area contributed by atoms with Crippen molar-refractivity contribution in [3.05, 3.63) is 34.9 Å². The number of sulfone groups is 1. The van der Waals surface area contributed by atoms with Gasteiger partial charge in [-0.05, 0) is 49.3 Å². The summed E-state index contributed by atoms with van der Waals surface area (Å²) in [5, 5.41) is 0.499. The summed E-state index contributed by atoms with van der Waals surface area (Å²) in [4.78, 5) is 0. The topological polar surface area (TPSA) is 60.2 Å². The lowest BCUT2D eigenvalue weighted by Crippen LogP contribution is -2.38. The molecule has 0 bridgehead atoms. The average Bonchev–Trinajstić information content (AvgIpc) is 2.38. The van der Waals surface area contributed by atoms with Crippen LogP contribution in [0.5, 0.6) is 0 Å². The zero-order chi connectivity index (χ0) is 14.8. The minimum absolute atomic E-state index is 0.00184. The molecule has 1 aliphatic carbocycles. The third kappa shape index (κ3) is 4.21. The zero-order valence-corrected chi connectivity index (χ0v) is 13.3. The second-order valence-electron chi connectivity index (χ2n) is 5.88. The zero-order valence-electron chi connectivity index (χ0n) is 11.8. The van der Waals surface area contributed by atoms with Gasteiger partial charge >= 0.3 is 0 Å². The third-order valence-corrected chi connectivity index (χ3v) is 6.11. The van der Waals surface area contributed by atoms with Gasteiger partial charge in [0.15, 0.2) is 0 Å². The fourth-order valence-corrected chi connectivity index (χ4v) is 4.47. The number of benzene rings is 1. The molecule has 112 valence electrons. The van der Waals surface area contributed by atoms with Crippen LogP contribution in [0.2, 0.25) is 5.02 Å². The molecule has 3 atom stereocenters. The summed E-state index contributed by atoms with van der Waals surface area (Å²) in [5.74, 6) is 0.280. The SMILES string of the molecule is CS(=O)(=O)C1CCCC(C(N)Cc2cccc(Cl)c2)C1. The van der Waals surface area contributed by atoms with Crippen LogP contribution in [0.25, 0.3) is 0 Å². The van der Waals surface area contributed by atoms with Crippen LogP contribution in [0, 0.1) is 5.92 Å². The smallest absolute Gasteiger partial charge is 0.150 e. The summed E-state index contributed by atoms with van der Waals surface area (Å²) >= 11 is 5.98. The maximum atomic E-state index is 11.7. The van der Waals surface area contributed by atoms with Crippen LogP contribution in [-0.2, 0) is 16.3 Å². The van der Waals surface area contributed by atoms with Crippen LogP contribution < -0.4 is 5.73 Å². The highest BCUT2D eigenvalue weighted by Crippen LogP contribution is 2.31. The Labute approximate surface area is 126 Å². The molecule has 3 nitrogen and oxygen atoms in total. The predicted molar refractivity (Wildman–Crippen MR) is 83.7 cm³/mol. The van der Waals surface area contributed by atoms with E-state index in [1.807, 2.05) is 24.3 Å². The third-order valence-electron chi connectivity index (χ3n) is 4.24. The second kappa shape index (κ2) is 6.46. The lowest BCUT2D eigenvalue weighted by molar-refractivity contribution is 0.304. The molecule has 0 amide bonds. The van der Waals surface area contributed by atoms with E-state index in [1.165, 1.54) is 6.26 Å². The number of halogens is 1. The number of hydrogen-bond donors (Lipinski definition) is 1. The van der Waals surface area contributed by atoms with Crippen molar-refractivity contribution in [2.45, 2.75) is 43.4 Å². The fourth-order valence-electron chi connectivity index (χ4n) is 3.06. The molecule has 1 aromatic carbocycles. The molecule has 1 fully saturated rings. The summed E-state index contributed by atoms with van der Waals surface area (Å²) in [7, 11) is -2.95. The first-order valence-corrected chi connectivity index (χ1v) is 9.38. The van der Waals surface area contributed by atoms with Gasteiger partial charge in [-0.2, -0.15) is 0 Å². The summed E-state index contributed by atoms with van der Waals surface area (Å²) in [6, 6.07) is 7.71. The van der Waals surface area contributed by atoms with Gasteiger partial charge in [-0.25, -0.2) is 8.42 Å². The first kappa shape index (κ1) is 15.8. The van der Waals surface area contributed by atoms with Gasteiger partial charge in [-0.15, -0.1) is 0 Å². The van der Waals surface area contributed by atoms with Crippen LogP contribution >= 0.6 is 11.6 Å². The lowest BCUT2D eigenvalue weighted by Gasteiger charge is -2.32. The number of nitrogens with two attached hydrogens (primary N) is 1. The van der Waals surface area contributed by atoms with E-state index in [1.54, 1.807) is 0 Å². The van der Waals surface area contributed by atoms with E-state index in [-0.39, 0.29) is 17.2 Å². The monoisotopic (exact) mass is 315 g/mol. The van der Waals surface area contributed by atoms with Crippen molar-refractivity contribution >= 4 is 21.4 Å². The maximum absolute atomic E-state index is 11.7. The molecule has 0 aromatic heterocycles. The molecule has 2 rings (SSSR count). The quantitative estimate of drug-likeness (QED) is 0.929. The van der Waals surface area contributed by atoms with Crippen molar-refractivity contribution in [2.24, 2.45) is 11.7 Å². The van der Waals surface area contributed by atoms with E-state index >= 15 is 0 Å². The molecule has 3 unspecified atom stereocenters. The fraction of sp³-hybridized carbons (Fsp3) is 0.600. The molecule has 0 aliphatic heterocycles. The van der Waals surface area contributed by atoms with Crippen LogP contribution in [-0.4, -0.2) is 26.0 Å². The Hall–Kier alpha value is -0.580. The van der Waals surface area contributed by atoms with Gasteiger partial charge in [-0.1, -0.05) is 30.2 Å². The van der Waals surface area contributed by atoms with Crippen molar-refractivity contribution in [3.63, 3.8) is 0 Å². The molecule has 0 saturated heterocycles. The van der Waals surface area contributed by atoms with Crippen LogP contribution in [0.1, 0.15) is 31.2 Å². The summed E-state index contributed by atoms with van der Waals surface area (Å²) < 4.78 is 23.4.